The van der Waals surface area contributed by atoms with Gasteiger partial charge in [0.05, 0.1) is 12.6 Å². The summed E-state index contributed by atoms with van der Waals surface area (Å²) >= 11 is 0. The minimum Gasteiger partial charge on any atom is -0.347 e. The van der Waals surface area contributed by atoms with Crippen LogP contribution in [0.25, 0.3) is 0 Å². The molecule has 1 aromatic carbocycles. The number of hydrogen-bond donors (Lipinski definition) is 1. The van der Waals surface area contributed by atoms with Crippen molar-refractivity contribution in [2.75, 3.05) is 0 Å². The number of carbonyl (C=O) groups is 1. The number of rotatable bonds is 8. The molecule has 0 radical (unpaired) electrons. The van der Waals surface area contributed by atoms with Gasteiger partial charge in [0.1, 0.15) is 6.33 Å². The molecule has 1 unspecified atom stereocenters. The van der Waals surface area contributed by atoms with Crippen molar-refractivity contribution in [3.05, 3.63) is 60.7 Å². The topological polar surface area (TPSA) is 90.5 Å². The molecule has 0 aliphatic carbocycles. The summed E-state index contributed by atoms with van der Waals surface area (Å²) in [5, 5.41) is 18.2. The number of hydrogen-bond acceptors (Lipinski definition) is 5. The lowest BCUT2D eigenvalue weighted by Gasteiger charge is -2.19. The van der Waals surface area contributed by atoms with Crippen molar-refractivity contribution in [2.45, 2.75) is 32.0 Å². The molecule has 124 valence electrons. The van der Waals surface area contributed by atoms with Crippen molar-refractivity contribution in [1.29, 1.82) is 0 Å². The predicted octanol–water partition coefficient (Wildman–Crippen LogP) is 1.21. The van der Waals surface area contributed by atoms with Crippen molar-refractivity contribution in [3.63, 3.8) is 0 Å². The Kier molecular flexibility index (Phi) is 5.28. The van der Waals surface area contributed by atoms with Crippen LogP contribution in [-0.4, -0.2) is 35.9 Å². The summed E-state index contributed by atoms with van der Waals surface area (Å²) in [7, 11) is 0. The summed E-state index contributed by atoms with van der Waals surface area (Å²) in [5.41, 5.74) is 1.06. The standard InChI is InChI=1S/C16H19N7O/c24-16(8-4-10-23-13-17-20-21-23)19-15(12-22-11-5-9-18-22)14-6-2-1-3-7-14/h1-3,5-7,9,11,13,15H,4,8,10,12H2,(H,19,24). The Bertz CT molecular complexity index is 725. The first-order valence-corrected chi connectivity index (χ1v) is 7.84. The van der Waals surface area contributed by atoms with E-state index in [1.165, 1.54) is 0 Å². The highest BCUT2D eigenvalue weighted by Gasteiger charge is 2.15. The van der Waals surface area contributed by atoms with Crippen LogP contribution in [0.5, 0.6) is 0 Å². The highest BCUT2D eigenvalue weighted by molar-refractivity contribution is 5.76. The minimum atomic E-state index is -0.119. The highest BCUT2D eigenvalue weighted by atomic mass is 16.1. The Morgan fingerprint density at radius 3 is 2.75 bits per heavy atom. The van der Waals surface area contributed by atoms with Crippen molar-refractivity contribution in [2.24, 2.45) is 0 Å². The molecule has 0 aliphatic rings. The second-order valence-corrected chi connectivity index (χ2v) is 5.44. The molecule has 0 fully saturated rings. The molecule has 1 amide bonds. The van der Waals surface area contributed by atoms with Crippen LogP contribution in [0.2, 0.25) is 0 Å². The molecule has 3 aromatic rings. The zero-order chi connectivity index (χ0) is 16.6. The third-order valence-corrected chi connectivity index (χ3v) is 3.65. The van der Waals surface area contributed by atoms with E-state index in [1.807, 2.05) is 47.3 Å². The fourth-order valence-corrected chi connectivity index (χ4v) is 2.47. The van der Waals surface area contributed by atoms with Gasteiger partial charge in [0.2, 0.25) is 5.91 Å². The molecule has 2 heterocycles. The molecule has 0 saturated heterocycles. The van der Waals surface area contributed by atoms with Crippen LogP contribution in [0, 0.1) is 0 Å². The van der Waals surface area contributed by atoms with E-state index >= 15 is 0 Å². The zero-order valence-corrected chi connectivity index (χ0v) is 13.2. The SMILES string of the molecule is O=C(CCCn1cnnn1)NC(Cn1cccn1)c1ccccc1. The quantitative estimate of drug-likeness (QED) is 0.672. The maximum absolute atomic E-state index is 12.3. The normalized spacial score (nSPS) is 12.0. The Labute approximate surface area is 139 Å². The number of aryl methyl sites for hydroxylation is 1. The average Bonchev–Trinajstić information content (AvgIpc) is 3.29. The van der Waals surface area contributed by atoms with Crippen molar-refractivity contribution in [1.82, 2.24) is 35.3 Å². The maximum atomic E-state index is 12.3. The van der Waals surface area contributed by atoms with Gasteiger partial charge in [-0.05, 0) is 28.5 Å². The van der Waals surface area contributed by atoms with Crippen LogP contribution < -0.4 is 5.32 Å². The maximum Gasteiger partial charge on any atom is 0.220 e. The van der Waals surface area contributed by atoms with Gasteiger partial charge in [-0.3, -0.25) is 9.48 Å². The van der Waals surface area contributed by atoms with E-state index in [9.17, 15) is 4.79 Å². The second kappa shape index (κ2) is 8.00. The number of nitrogens with zero attached hydrogens (tertiary/aromatic N) is 6. The van der Waals surface area contributed by atoms with E-state index in [-0.39, 0.29) is 11.9 Å². The summed E-state index contributed by atoms with van der Waals surface area (Å²) < 4.78 is 3.44. The molecule has 2 aromatic heterocycles. The van der Waals surface area contributed by atoms with E-state index in [0.29, 0.717) is 25.9 Å². The summed E-state index contributed by atoms with van der Waals surface area (Å²) in [5.74, 6) is 0.00378. The Hall–Kier alpha value is -3.03. The fraction of sp³-hybridized carbons (Fsp3) is 0.312. The van der Waals surface area contributed by atoms with E-state index < -0.39 is 0 Å². The van der Waals surface area contributed by atoms with Gasteiger partial charge in [0.25, 0.3) is 0 Å². The molecule has 0 bridgehead atoms. The predicted molar refractivity (Wildman–Crippen MR) is 86.6 cm³/mol. The minimum absolute atomic E-state index is 0.00378. The third-order valence-electron chi connectivity index (χ3n) is 3.65. The first kappa shape index (κ1) is 15.9. The molecule has 0 aliphatic heterocycles. The summed E-state index contributed by atoms with van der Waals surface area (Å²) in [4.78, 5) is 12.3. The molecule has 24 heavy (non-hydrogen) atoms. The molecule has 3 rings (SSSR count). The zero-order valence-electron chi connectivity index (χ0n) is 13.2. The van der Waals surface area contributed by atoms with Crippen LogP contribution >= 0.6 is 0 Å². The van der Waals surface area contributed by atoms with Crippen molar-refractivity contribution in [3.8, 4) is 0 Å². The van der Waals surface area contributed by atoms with E-state index in [2.05, 4.69) is 25.9 Å². The van der Waals surface area contributed by atoms with Crippen LogP contribution in [0.1, 0.15) is 24.4 Å². The van der Waals surface area contributed by atoms with Gasteiger partial charge >= 0.3 is 0 Å². The monoisotopic (exact) mass is 325 g/mol. The highest BCUT2D eigenvalue weighted by Crippen LogP contribution is 2.15. The summed E-state index contributed by atoms with van der Waals surface area (Å²) in [6.07, 6.45) is 6.26. The van der Waals surface area contributed by atoms with Gasteiger partial charge in [-0.2, -0.15) is 5.10 Å². The molecule has 1 N–H and O–H groups in total. The molecular weight excluding hydrogens is 306 g/mol. The molecule has 0 saturated carbocycles. The molecule has 8 nitrogen and oxygen atoms in total. The second-order valence-electron chi connectivity index (χ2n) is 5.44. The fourth-order valence-electron chi connectivity index (χ4n) is 2.47. The Balaban J connectivity index is 1.57. The van der Waals surface area contributed by atoms with Gasteiger partial charge in [0.15, 0.2) is 0 Å². The van der Waals surface area contributed by atoms with E-state index in [4.69, 9.17) is 0 Å². The molecular formula is C16H19N7O. The van der Waals surface area contributed by atoms with Crippen LogP contribution in [0.3, 0.4) is 0 Å². The van der Waals surface area contributed by atoms with E-state index in [1.54, 1.807) is 17.2 Å². The van der Waals surface area contributed by atoms with Crippen molar-refractivity contribution >= 4 is 5.91 Å². The lowest BCUT2D eigenvalue weighted by molar-refractivity contribution is -0.122. The summed E-state index contributed by atoms with van der Waals surface area (Å²) in [6, 6.07) is 11.7. The average molecular weight is 325 g/mol. The van der Waals surface area contributed by atoms with Gasteiger partial charge in [-0.25, -0.2) is 4.68 Å². The van der Waals surface area contributed by atoms with E-state index in [0.717, 1.165) is 5.56 Å². The van der Waals surface area contributed by atoms with Crippen molar-refractivity contribution < 1.29 is 4.79 Å². The molecule has 0 spiro atoms. The number of amides is 1. The lowest BCUT2D eigenvalue weighted by Crippen LogP contribution is -2.31. The van der Waals surface area contributed by atoms with Crippen LogP contribution in [-0.2, 0) is 17.9 Å². The first-order valence-electron chi connectivity index (χ1n) is 7.84. The van der Waals surface area contributed by atoms with Gasteiger partial charge < -0.3 is 5.32 Å². The number of aromatic nitrogens is 6. The number of nitrogens with one attached hydrogen (secondary N) is 1. The number of benzene rings is 1. The number of carbonyl (C=O) groups excluding carboxylic acids is 1. The first-order chi connectivity index (χ1) is 11.8. The smallest absolute Gasteiger partial charge is 0.220 e. The van der Waals surface area contributed by atoms with Gasteiger partial charge in [-0.15, -0.1) is 5.10 Å². The Morgan fingerprint density at radius 2 is 2.04 bits per heavy atom. The third kappa shape index (κ3) is 4.48. The number of tetrazole rings is 1. The van der Waals surface area contributed by atoms with Crippen LogP contribution in [0.4, 0.5) is 0 Å². The largest absolute Gasteiger partial charge is 0.347 e. The van der Waals surface area contributed by atoms with Gasteiger partial charge in [0, 0.05) is 25.4 Å². The van der Waals surface area contributed by atoms with Gasteiger partial charge in [-0.1, -0.05) is 30.3 Å². The Morgan fingerprint density at radius 1 is 1.17 bits per heavy atom. The lowest BCUT2D eigenvalue weighted by atomic mass is 10.1. The van der Waals surface area contributed by atoms with Crippen LogP contribution in [0.15, 0.2) is 55.1 Å². The molecule has 1 atom stereocenters. The molecule has 8 heteroatoms. The summed E-state index contributed by atoms with van der Waals surface area (Å²) in [6.45, 7) is 1.21.